The first kappa shape index (κ1) is 21.5. The lowest BCUT2D eigenvalue weighted by atomic mass is 9.87. The highest BCUT2D eigenvalue weighted by Crippen LogP contribution is 2.40. The van der Waals surface area contributed by atoms with Gasteiger partial charge in [0.1, 0.15) is 17.1 Å². The van der Waals surface area contributed by atoms with Crippen molar-refractivity contribution in [3.05, 3.63) is 99.7 Å². The fourth-order valence-corrected chi connectivity index (χ4v) is 4.03. The molecule has 1 atom stereocenters. The smallest absolute Gasteiger partial charge is 0.343 e. The Morgan fingerprint density at radius 1 is 1.03 bits per heavy atom. The van der Waals surface area contributed by atoms with E-state index in [0.717, 1.165) is 5.56 Å². The molecule has 5 rings (SSSR count). The van der Waals surface area contributed by atoms with Crippen LogP contribution in [-0.4, -0.2) is 17.8 Å². The topological polar surface area (TPSA) is 98.0 Å². The zero-order valence-electron chi connectivity index (χ0n) is 17.9. The van der Waals surface area contributed by atoms with Gasteiger partial charge >= 0.3 is 5.63 Å². The maximum Gasteiger partial charge on any atom is 0.343 e. The SMILES string of the molecule is O=C(CC(c1ccc2c(c1)OCO2)c1c(O)c2ccccc2oc1=O)NCc1ccc(F)cc1. The summed E-state index contributed by atoms with van der Waals surface area (Å²) in [5, 5.41) is 14.2. The predicted octanol–water partition coefficient (Wildman–Crippen LogP) is 4.20. The van der Waals surface area contributed by atoms with E-state index in [-0.39, 0.29) is 48.4 Å². The van der Waals surface area contributed by atoms with E-state index >= 15 is 0 Å². The van der Waals surface area contributed by atoms with Crippen LogP contribution in [0.1, 0.15) is 29.0 Å². The summed E-state index contributed by atoms with van der Waals surface area (Å²) in [6.07, 6.45) is -0.141. The number of hydrogen-bond acceptors (Lipinski definition) is 6. The molecule has 1 aliphatic heterocycles. The maximum absolute atomic E-state index is 13.1. The Balaban J connectivity index is 1.50. The number of hydrogen-bond donors (Lipinski definition) is 2. The first-order valence-electron chi connectivity index (χ1n) is 10.6. The monoisotopic (exact) mass is 461 g/mol. The van der Waals surface area contributed by atoms with E-state index in [1.54, 1.807) is 54.6 Å². The molecule has 172 valence electrons. The van der Waals surface area contributed by atoms with Crippen LogP contribution < -0.4 is 20.4 Å². The summed E-state index contributed by atoms with van der Waals surface area (Å²) in [4.78, 5) is 25.9. The van der Waals surface area contributed by atoms with Crippen LogP contribution >= 0.6 is 0 Å². The number of rotatable bonds is 6. The van der Waals surface area contributed by atoms with E-state index in [9.17, 15) is 19.1 Å². The number of fused-ring (bicyclic) bond motifs is 2. The Kier molecular flexibility index (Phi) is 5.63. The van der Waals surface area contributed by atoms with Crippen molar-refractivity contribution in [1.82, 2.24) is 5.32 Å². The van der Waals surface area contributed by atoms with Crippen LogP contribution in [0.5, 0.6) is 17.2 Å². The van der Waals surface area contributed by atoms with E-state index in [1.165, 1.54) is 12.1 Å². The largest absolute Gasteiger partial charge is 0.507 e. The molecular weight excluding hydrogens is 441 g/mol. The van der Waals surface area contributed by atoms with Gasteiger partial charge in [-0.1, -0.05) is 30.3 Å². The van der Waals surface area contributed by atoms with Crippen LogP contribution in [0.4, 0.5) is 4.39 Å². The Morgan fingerprint density at radius 2 is 1.79 bits per heavy atom. The normalized spacial score (nSPS) is 13.1. The molecule has 0 radical (unpaired) electrons. The van der Waals surface area contributed by atoms with E-state index in [4.69, 9.17) is 13.9 Å². The van der Waals surface area contributed by atoms with Crippen molar-refractivity contribution in [3.63, 3.8) is 0 Å². The lowest BCUT2D eigenvalue weighted by molar-refractivity contribution is -0.121. The van der Waals surface area contributed by atoms with Crippen LogP contribution in [0, 0.1) is 5.82 Å². The molecule has 3 aromatic carbocycles. The van der Waals surface area contributed by atoms with Crippen molar-refractivity contribution >= 4 is 16.9 Å². The maximum atomic E-state index is 13.1. The number of benzene rings is 3. The van der Waals surface area contributed by atoms with E-state index in [0.29, 0.717) is 22.4 Å². The minimum absolute atomic E-state index is 0.0190. The van der Waals surface area contributed by atoms with Gasteiger partial charge in [0.05, 0.1) is 10.9 Å². The number of nitrogens with one attached hydrogen (secondary N) is 1. The second-order valence-electron chi connectivity index (χ2n) is 7.92. The summed E-state index contributed by atoms with van der Waals surface area (Å²) in [6.45, 7) is 0.260. The Hall–Kier alpha value is -4.33. The molecule has 0 aliphatic carbocycles. The molecule has 1 unspecified atom stereocenters. The second-order valence-corrected chi connectivity index (χ2v) is 7.92. The van der Waals surface area contributed by atoms with Gasteiger partial charge in [-0.05, 0) is 47.5 Å². The van der Waals surface area contributed by atoms with Crippen LogP contribution in [0.2, 0.25) is 0 Å². The van der Waals surface area contributed by atoms with Crippen LogP contribution in [0.25, 0.3) is 11.0 Å². The number of carbonyl (C=O) groups excluding carboxylic acids is 1. The standard InChI is InChI=1S/C26H20FNO6/c27-17-8-5-15(6-9-17)13-28-23(29)12-19(16-7-10-21-22(11-16)33-14-32-21)24-25(30)18-3-1-2-4-20(18)34-26(24)31/h1-11,19,30H,12-14H2,(H,28,29). The van der Waals surface area contributed by atoms with Gasteiger partial charge in [-0.2, -0.15) is 0 Å². The average molecular weight is 461 g/mol. The summed E-state index contributed by atoms with van der Waals surface area (Å²) < 4.78 is 29.4. The lowest BCUT2D eigenvalue weighted by Crippen LogP contribution is -2.26. The van der Waals surface area contributed by atoms with Crippen molar-refractivity contribution in [2.75, 3.05) is 6.79 Å². The highest BCUT2D eigenvalue weighted by Gasteiger charge is 2.28. The minimum Gasteiger partial charge on any atom is -0.507 e. The summed E-state index contributed by atoms with van der Waals surface area (Å²) in [7, 11) is 0. The molecule has 0 saturated carbocycles. The Bertz CT molecular complexity index is 1430. The predicted molar refractivity (Wildman–Crippen MR) is 121 cm³/mol. The van der Waals surface area contributed by atoms with E-state index in [1.807, 2.05) is 0 Å². The zero-order valence-corrected chi connectivity index (χ0v) is 17.9. The Morgan fingerprint density at radius 3 is 2.62 bits per heavy atom. The van der Waals surface area contributed by atoms with Crippen molar-refractivity contribution in [3.8, 4) is 17.2 Å². The number of halogens is 1. The molecule has 0 fully saturated rings. The van der Waals surface area contributed by atoms with Gasteiger partial charge in [0.15, 0.2) is 11.5 Å². The fraction of sp³-hybridized carbons (Fsp3) is 0.154. The van der Waals surface area contributed by atoms with Crippen LogP contribution in [0.15, 0.2) is 75.9 Å². The molecule has 1 aromatic heterocycles. The van der Waals surface area contributed by atoms with Crippen LogP contribution in [0.3, 0.4) is 0 Å². The van der Waals surface area contributed by atoms with Gasteiger partial charge in [-0.3, -0.25) is 4.79 Å². The number of para-hydroxylation sites is 1. The summed E-state index contributed by atoms with van der Waals surface area (Å²) in [6, 6.07) is 17.5. The van der Waals surface area contributed by atoms with Gasteiger partial charge in [0, 0.05) is 18.9 Å². The number of carbonyl (C=O) groups is 1. The molecule has 8 heteroatoms. The molecule has 0 saturated heterocycles. The van der Waals surface area contributed by atoms with Crippen molar-refractivity contribution in [1.29, 1.82) is 0 Å². The first-order valence-corrected chi connectivity index (χ1v) is 10.6. The molecule has 1 amide bonds. The van der Waals surface area contributed by atoms with E-state index < -0.39 is 11.5 Å². The molecule has 7 nitrogen and oxygen atoms in total. The number of amides is 1. The molecule has 34 heavy (non-hydrogen) atoms. The van der Waals surface area contributed by atoms with Gasteiger partial charge in [-0.25, -0.2) is 9.18 Å². The molecule has 0 spiro atoms. The van der Waals surface area contributed by atoms with Crippen molar-refractivity contribution in [2.45, 2.75) is 18.9 Å². The number of ether oxygens (including phenoxy) is 2. The third-order valence-corrected chi connectivity index (χ3v) is 5.76. The molecule has 0 bridgehead atoms. The van der Waals surface area contributed by atoms with Crippen molar-refractivity contribution < 1.29 is 28.2 Å². The van der Waals surface area contributed by atoms with Crippen molar-refractivity contribution in [2.24, 2.45) is 0 Å². The highest BCUT2D eigenvalue weighted by atomic mass is 19.1. The summed E-state index contributed by atoms with van der Waals surface area (Å²) in [5.74, 6) is -0.739. The summed E-state index contributed by atoms with van der Waals surface area (Å²) in [5.41, 5.74) is 0.806. The fourth-order valence-electron chi connectivity index (χ4n) is 4.03. The lowest BCUT2D eigenvalue weighted by Gasteiger charge is -2.19. The third kappa shape index (κ3) is 4.17. The highest BCUT2D eigenvalue weighted by molar-refractivity contribution is 5.85. The minimum atomic E-state index is -0.816. The van der Waals surface area contributed by atoms with Gasteiger partial charge in [0.25, 0.3) is 0 Å². The summed E-state index contributed by atoms with van der Waals surface area (Å²) >= 11 is 0. The third-order valence-electron chi connectivity index (χ3n) is 5.76. The zero-order chi connectivity index (χ0) is 23.7. The number of aromatic hydroxyl groups is 1. The van der Waals surface area contributed by atoms with Gasteiger partial charge < -0.3 is 24.3 Å². The molecular formula is C26H20FNO6. The quantitative estimate of drug-likeness (QED) is 0.418. The molecule has 1 aliphatic rings. The average Bonchev–Trinajstić information content (AvgIpc) is 3.31. The molecule has 4 aromatic rings. The van der Waals surface area contributed by atoms with Gasteiger partial charge in [0.2, 0.25) is 12.7 Å². The molecule has 2 N–H and O–H groups in total. The van der Waals surface area contributed by atoms with Crippen LogP contribution in [-0.2, 0) is 11.3 Å². The van der Waals surface area contributed by atoms with Gasteiger partial charge in [-0.15, -0.1) is 0 Å². The second kappa shape index (κ2) is 8.90. The molecule has 2 heterocycles. The van der Waals surface area contributed by atoms with E-state index in [2.05, 4.69) is 5.32 Å². The Labute approximate surface area is 193 Å². The first-order chi connectivity index (χ1) is 16.5.